The molecule has 0 fully saturated rings. The van der Waals surface area contributed by atoms with Gasteiger partial charge in [-0.15, -0.1) is 0 Å². The number of imidazole rings is 1. The first-order valence-electron chi connectivity index (χ1n) is 14.9. The Labute approximate surface area is 259 Å². The molecule has 0 N–H and O–H groups in total. The molecule has 6 aromatic carbocycles. The Kier molecular flexibility index (Phi) is 5.27. The summed E-state index contributed by atoms with van der Waals surface area (Å²) in [5, 5.41) is 0. The Bertz CT molecular complexity index is 2250. The summed E-state index contributed by atoms with van der Waals surface area (Å²) in [5.74, 6) is 1.08. The Morgan fingerprint density at radius 2 is 1.21 bits per heavy atom. The fourth-order valence-electron chi connectivity index (χ4n) is 7.72. The van der Waals surface area contributed by atoms with Crippen LogP contribution in [0.1, 0.15) is 35.0 Å². The van der Waals surface area contributed by atoms with Gasteiger partial charge in [-0.1, -0.05) is 114 Å². The second-order valence-corrected chi connectivity index (χ2v) is 12.5. The Balaban J connectivity index is 1.30. The molecule has 1 aromatic heterocycles. The molecule has 0 amide bonds. The zero-order valence-electron chi connectivity index (χ0n) is 23.7. The van der Waals surface area contributed by atoms with Gasteiger partial charge in [-0.2, -0.15) is 0 Å². The first kappa shape index (κ1) is 24.8. The summed E-state index contributed by atoms with van der Waals surface area (Å²) in [5.41, 5.74) is 16.0. The lowest BCUT2D eigenvalue weighted by Crippen LogP contribution is -2.25. The van der Waals surface area contributed by atoms with Crippen molar-refractivity contribution in [1.29, 1.82) is 0 Å². The third-order valence-electron chi connectivity index (χ3n) is 9.44. The van der Waals surface area contributed by atoms with Crippen molar-refractivity contribution >= 4 is 27.0 Å². The minimum absolute atomic E-state index is 0.370. The molecular weight excluding hydrogens is 588 g/mol. The lowest BCUT2D eigenvalue weighted by Gasteiger charge is -2.31. The highest BCUT2D eigenvalue weighted by Gasteiger charge is 2.51. The predicted molar refractivity (Wildman–Crippen MR) is 180 cm³/mol. The molecule has 0 radical (unpaired) electrons. The van der Waals surface area contributed by atoms with E-state index in [1.165, 1.54) is 55.6 Å². The molecular formula is C40H27BrN2. The number of hydrogen-bond acceptors (Lipinski definition) is 1. The minimum Gasteiger partial charge on any atom is -0.296 e. The van der Waals surface area contributed by atoms with E-state index in [1.54, 1.807) is 0 Å². The van der Waals surface area contributed by atoms with Crippen molar-refractivity contribution in [3.63, 3.8) is 0 Å². The van der Waals surface area contributed by atoms with E-state index < -0.39 is 0 Å². The molecule has 0 aliphatic heterocycles. The van der Waals surface area contributed by atoms with Crippen LogP contribution >= 0.6 is 15.9 Å². The lowest BCUT2D eigenvalue weighted by atomic mass is 9.70. The molecule has 7 aromatic rings. The second kappa shape index (κ2) is 9.13. The maximum absolute atomic E-state index is 4.94. The van der Waals surface area contributed by atoms with Crippen LogP contribution in [0, 0.1) is 0 Å². The molecule has 2 aliphatic rings. The summed E-state index contributed by atoms with van der Waals surface area (Å²) in [6, 6.07) is 49.2. The van der Waals surface area contributed by atoms with Gasteiger partial charge in [0.25, 0.3) is 0 Å². The van der Waals surface area contributed by atoms with Gasteiger partial charge in [-0.25, -0.2) is 4.98 Å². The number of rotatable bonds is 3. The first-order chi connectivity index (χ1) is 21.2. The van der Waals surface area contributed by atoms with E-state index in [1.807, 2.05) is 0 Å². The molecule has 0 saturated heterocycles. The summed E-state index contributed by atoms with van der Waals surface area (Å²) in [6.07, 6.45) is 0.868. The number of para-hydroxylation sites is 2. The van der Waals surface area contributed by atoms with Gasteiger partial charge in [0.15, 0.2) is 0 Å². The maximum atomic E-state index is 4.94. The first-order valence-corrected chi connectivity index (χ1v) is 15.7. The van der Waals surface area contributed by atoms with Crippen LogP contribution in [-0.4, -0.2) is 9.55 Å². The van der Waals surface area contributed by atoms with Gasteiger partial charge < -0.3 is 0 Å². The Morgan fingerprint density at radius 3 is 1.98 bits per heavy atom. The standard InChI is InChI=1S/C40H27BrN2/c1-2-39-42-37-16-7-8-17-38(37)43(39)28-11-9-10-25(22-28)26-18-20-31-29-12-3-5-14-33(29)40(35(31)23-26)34-15-6-4-13-30(34)32-21-19-27(41)24-36(32)40/h3-24H,2H2,1H3. The predicted octanol–water partition coefficient (Wildman–Crippen LogP) is 10.4. The molecule has 0 saturated carbocycles. The maximum Gasteiger partial charge on any atom is 0.114 e. The average Bonchev–Trinajstić information content (AvgIpc) is 3.68. The van der Waals surface area contributed by atoms with Crippen LogP contribution in [0.5, 0.6) is 0 Å². The number of nitrogens with zero attached hydrogens (tertiary/aromatic N) is 2. The zero-order valence-corrected chi connectivity index (χ0v) is 25.3. The number of fused-ring (bicyclic) bond motifs is 11. The molecule has 1 atom stereocenters. The fraction of sp³-hybridized carbons (Fsp3) is 0.0750. The number of aryl methyl sites for hydroxylation is 1. The fourth-order valence-corrected chi connectivity index (χ4v) is 8.08. The molecule has 2 nitrogen and oxygen atoms in total. The highest BCUT2D eigenvalue weighted by atomic mass is 79.9. The molecule has 1 heterocycles. The third kappa shape index (κ3) is 3.31. The van der Waals surface area contributed by atoms with Crippen molar-refractivity contribution in [2.24, 2.45) is 0 Å². The van der Waals surface area contributed by atoms with Crippen LogP contribution in [0.2, 0.25) is 0 Å². The van der Waals surface area contributed by atoms with Gasteiger partial charge in [-0.05, 0) is 98.1 Å². The van der Waals surface area contributed by atoms with Gasteiger partial charge in [0.05, 0.1) is 16.4 Å². The molecule has 43 heavy (non-hydrogen) atoms. The van der Waals surface area contributed by atoms with E-state index in [2.05, 4.69) is 161 Å². The van der Waals surface area contributed by atoms with Crippen molar-refractivity contribution in [3.05, 3.63) is 166 Å². The SMILES string of the molecule is CCc1nc2ccccc2n1-c1cccc(-c2ccc3c(c2)C2(c4ccccc4-c4ccc(Br)cc42)c2ccccc2-3)c1. The van der Waals surface area contributed by atoms with Gasteiger partial charge >= 0.3 is 0 Å². The molecule has 3 heteroatoms. The van der Waals surface area contributed by atoms with Crippen molar-refractivity contribution in [2.75, 3.05) is 0 Å². The quantitative estimate of drug-likeness (QED) is 0.193. The smallest absolute Gasteiger partial charge is 0.114 e. The molecule has 204 valence electrons. The highest BCUT2D eigenvalue weighted by molar-refractivity contribution is 9.10. The molecule has 1 unspecified atom stereocenters. The molecule has 0 bridgehead atoms. The monoisotopic (exact) mass is 614 g/mol. The second-order valence-electron chi connectivity index (χ2n) is 11.5. The lowest BCUT2D eigenvalue weighted by molar-refractivity contribution is 0.793. The van der Waals surface area contributed by atoms with E-state index in [-0.39, 0.29) is 5.41 Å². The van der Waals surface area contributed by atoms with Crippen LogP contribution in [0.15, 0.2) is 138 Å². The summed E-state index contributed by atoms with van der Waals surface area (Å²) >= 11 is 3.82. The van der Waals surface area contributed by atoms with Gasteiger partial charge in [-0.3, -0.25) is 4.57 Å². The van der Waals surface area contributed by atoms with Gasteiger partial charge in [0.2, 0.25) is 0 Å². The summed E-state index contributed by atoms with van der Waals surface area (Å²) in [7, 11) is 0. The third-order valence-corrected chi connectivity index (χ3v) is 9.93. The van der Waals surface area contributed by atoms with Gasteiger partial charge in [0.1, 0.15) is 5.82 Å². The van der Waals surface area contributed by atoms with Crippen LogP contribution < -0.4 is 0 Å². The number of benzene rings is 6. The Morgan fingerprint density at radius 1 is 0.581 bits per heavy atom. The molecule has 1 spiro atoms. The van der Waals surface area contributed by atoms with Crippen LogP contribution in [0.4, 0.5) is 0 Å². The summed E-state index contributed by atoms with van der Waals surface area (Å²) in [4.78, 5) is 4.94. The van der Waals surface area contributed by atoms with E-state index in [9.17, 15) is 0 Å². The highest BCUT2D eigenvalue weighted by Crippen LogP contribution is 2.63. The number of aromatic nitrogens is 2. The molecule has 2 aliphatic carbocycles. The zero-order chi connectivity index (χ0) is 28.7. The van der Waals surface area contributed by atoms with Crippen molar-refractivity contribution in [2.45, 2.75) is 18.8 Å². The van der Waals surface area contributed by atoms with Crippen LogP contribution in [0.25, 0.3) is 50.1 Å². The Hall–Kier alpha value is -4.73. The van der Waals surface area contributed by atoms with Crippen LogP contribution in [0.3, 0.4) is 0 Å². The van der Waals surface area contributed by atoms with E-state index >= 15 is 0 Å². The van der Waals surface area contributed by atoms with Gasteiger partial charge in [0, 0.05) is 16.6 Å². The normalized spacial score (nSPS) is 15.9. The largest absolute Gasteiger partial charge is 0.296 e. The summed E-state index contributed by atoms with van der Waals surface area (Å²) in [6.45, 7) is 2.18. The van der Waals surface area contributed by atoms with Crippen molar-refractivity contribution < 1.29 is 0 Å². The summed E-state index contributed by atoms with van der Waals surface area (Å²) < 4.78 is 3.41. The minimum atomic E-state index is -0.370. The van der Waals surface area contributed by atoms with E-state index in [0.717, 1.165) is 33.4 Å². The van der Waals surface area contributed by atoms with E-state index in [4.69, 9.17) is 4.98 Å². The van der Waals surface area contributed by atoms with E-state index in [0.29, 0.717) is 0 Å². The van der Waals surface area contributed by atoms with Crippen molar-refractivity contribution in [3.8, 4) is 39.1 Å². The topological polar surface area (TPSA) is 17.8 Å². The van der Waals surface area contributed by atoms with Crippen molar-refractivity contribution in [1.82, 2.24) is 9.55 Å². The average molecular weight is 616 g/mol. The molecule has 9 rings (SSSR count). The number of hydrogen-bond donors (Lipinski definition) is 0. The van der Waals surface area contributed by atoms with Crippen LogP contribution in [-0.2, 0) is 11.8 Å². The number of halogens is 1.